The van der Waals surface area contributed by atoms with Gasteiger partial charge in [0.05, 0.1) is 0 Å². The fourth-order valence-corrected chi connectivity index (χ4v) is 7.13. The standard InChI is InChI=1S/C13H28NO4P/c1-10(2)14(11(3)4)9-19(15-7-12(5)17-19)16-8-13(6)18-19/h10-13H,7-9H2,1-6H3. The van der Waals surface area contributed by atoms with Crippen LogP contribution in [0.2, 0.25) is 0 Å². The molecule has 0 bridgehead atoms. The van der Waals surface area contributed by atoms with Gasteiger partial charge < -0.3 is 0 Å². The Balaban J connectivity index is 2.25. The molecule has 114 valence electrons. The Morgan fingerprint density at radius 2 is 1.37 bits per heavy atom. The van der Waals surface area contributed by atoms with Crippen LogP contribution in [0.3, 0.4) is 0 Å². The van der Waals surface area contributed by atoms with Crippen LogP contribution in [-0.2, 0) is 18.1 Å². The van der Waals surface area contributed by atoms with Crippen molar-refractivity contribution in [2.75, 3.05) is 19.5 Å². The summed E-state index contributed by atoms with van der Waals surface area (Å²) in [6, 6.07) is 0.783. The van der Waals surface area contributed by atoms with Gasteiger partial charge in [-0.1, -0.05) is 0 Å². The van der Waals surface area contributed by atoms with Crippen molar-refractivity contribution in [3.8, 4) is 0 Å². The fraction of sp³-hybridized carbons (Fsp3) is 1.00. The van der Waals surface area contributed by atoms with Gasteiger partial charge >= 0.3 is 116 Å². The van der Waals surface area contributed by atoms with Gasteiger partial charge in [0.25, 0.3) is 0 Å². The van der Waals surface area contributed by atoms with Crippen LogP contribution in [0.25, 0.3) is 0 Å². The first-order valence-electron chi connectivity index (χ1n) is 7.21. The topological polar surface area (TPSA) is 40.2 Å². The van der Waals surface area contributed by atoms with E-state index in [0.29, 0.717) is 31.6 Å². The Labute approximate surface area is 116 Å². The van der Waals surface area contributed by atoms with Crippen LogP contribution in [0.5, 0.6) is 0 Å². The maximum atomic E-state index is 6.12. The number of nitrogens with zero attached hydrogens (tertiary/aromatic N) is 1. The number of hydrogen-bond acceptors (Lipinski definition) is 5. The van der Waals surface area contributed by atoms with Gasteiger partial charge in [-0.25, -0.2) is 0 Å². The zero-order valence-electron chi connectivity index (χ0n) is 13.0. The molecule has 0 aromatic carbocycles. The summed E-state index contributed by atoms with van der Waals surface area (Å²) in [6.45, 7) is 13.8. The summed E-state index contributed by atoms with van der Waals surface area (Å²) in [6.07, 6.45) is 0.656. The van der Waals surface area contributed by atoms with E-state index < -0.39 is 7.51 Å². The minimum absolute atomic E-state index is 0.0316. The SMILES string of the molecule is CC1COP2(CN(C(C)C)C(C)C)(OCC(C)O2)O1. The molecular weight excluding hydrogens is 265 g/mol. The van der Waals surface area contributed by atoms with Crippen molar-refractivity contribution in [2.45, 2.75) is 65.8 Å². The van der Waals surface area contributed by atoms with Gasteiger partial charge in [0.15, 0.2) is 0 Å². The fourth-order valence-electron chi connectivity index (χ4n) is 2.78. The zero-order valence-corrected chi connectivity index (χ0v) is 13.9. The quantitative estimate of drug-likeness (QED) is 0.745. The Bertz CT molecular complexity index is 309. The zero-order chi connectivity index (χ0) is 14.3. The molecule has 0 saturated carbocycles. The Hall–Kier alpha value is 0.230. The van der Waals surface area contributed by atoms with Crippen LogP contribution < -0.4 is 0 Å². The van der Waals surface area contributed by atoms with Gasteiger partial charge in [-0.05, 0) is 0 Å². The van der Waals surface area contributed by atoms with Crippen molar-refractivity contribution in [1.29, 1.82) is 0 Å². The molecule has 0 aliphatic carbocycles. The monoisotopic (exact) mass is 293 g/mol. The van der Waals surface area contributed by atoms with E-state index in [1.165, 1.54) is 0 Å². The summed E-state index contributed by atoms with van der Waals surface area (Å²) in [4.78, 5) is 2.33. The first kappa shape index (κ1) is 15.6. The normalized spacial score (nSPS) is 35.3. The third-order valence-corrected chi connectivity index (χ3v) is 7.22. The Morgan fingerprint density at radius 1 is 0.947 bits per heavy atom. The van der Waals surface area contributed by atoms with Crippen molar-refractivity contribution < 1.29 is 18.1 Å². The van der Waals surface area contributed by atoms with E-state index >= 15 is 0 Å². The second-order valence-corrected chi connectivity index (χ2v) is 9.38. The Morgan fingerprint density at radius 3 is 1.63 bits per heavy atom. The first-order chi connectivity index (χ1) is 8.75. The van der Waals surface area contributed by atoms with Crippen molar-refractivity contribution in [2.24, 2.45) is 0 Å². The van der Waals surface area contributed by atoms with Gasteiger partial charge in [-0.15, -0.1) is 0 Å². The summed E-state index contributed by atoms with van der Waals surface area (Å²) in [5, 5.41) is 0. The van der Waals surface area contributed by atoms with Crippen molar-refractivity contribution in [3.63, 3.8) is 0 Å². The predicted molar refractivity (Wildman–Crippen MR) is 76.9 cm³/mol. The van der Waals surface area contributed by atoms with E-state index in [1.807, 2.05) is 13.8 Å². The molecule has 19 heavy (non-hydrogen) atoms. The summed E-state index contributed by atoms with van der Waals surface area (Å²) in [7, 11) is -3.39. The molecule has 1 spiro atoms. The third kappa shape index (κ3) is 2.97. The minimum atomic E-state index is -3.39. The average Bonchev–Trinajstić information content (AvgIpc) is 2.79. The van der Waals surface area contributed by atoms with Crippen LogP contribution in [-0.4, -0.2) is 48.7 Å². The van der Waals surface area contributed by atoms with Crippen molar-refractivity contribution in [1.82, 2.24) is 4.90 Å². The van der Waals surface area contributed by atoms with E-state index in [4.69, 9.17) is 18.1 Å². The van der Waals surface area contributed by atoms with E-state index in [1.54, 1.807) is 0 Å². The number of hydrogen-bond donors (Lipinski definition) is 0. The molecule has 0 radical (unpaired) electrons. The molecule has 0 aromatic rings. The van der Waals surface area contributed by atoms with E-state index in [2.05, 4.69) is 32.6 Å². The molecule has 2 saturated heterocycles. The summed E-state index contributed by atoms with van der Waals surface area (Å²) >= 11 is 0. The molecule has 2 heterocycles. The molecule has 5 nitrogen and oxygen atoms in total. The molecule has 6 heteroatoms. The van der Waals surface area contributed by atoms with Gasteiger partial charge in [-0.2, -0.15) is 0 Å². The van der Waals surface area contributed by atoms with Crippen LogP contribution in [0.1, 0.15) is 41.5 Å². The molecule has 2 fully saturated rings. The van der Waals surface area contributed by atoms with Crippen LogP contribution >= 0.6 is 7.51 Å². The molecular formula is C13H28NO4P. The van der Waals surface area contributed by atoms with Gasteiger partial charge in [0.2, 0.25) is 0 Å². The Kier molecular flexibility index (Phi) is 4.28. The van der Waals surface area contributed by atoms with Crippen molar-refractivity contribution >= 4 is 7.51 Å². The van der Waals surface area contributed by atoms with Gasteiger partial charge in [-0.3, -0.25) is 0 Å². The maximum absolute atomic E-state index is 6.12. The van der Waals surface area contributed by atoms with Crippen LogP contribution in [0, 0.1) is 0 Å². The van der Waals surface area contributed by atoms with Gasteiger partial charge in [0, 0.05) is 0 Å². The average molecular weight is 293 g/mol. The van der Waals surface area contributed by atoms with E-state index in [9.17, 15) is 0 Å². The molecule has 2 atom stereocenters. The molecule has 2 unspecified atom stereocenters. The molecule has 2 aliphatic rings. The van der Waals surface area contributed by atoms with Crippen LogP contribution in [0.4, 0.5) is 0 Å². The summed E-state index contributed by atoms with van der Waals surface area (Å²) in [5.74, 6) is 0. The molecule has 0 N–H and O–H groups in total. The second kappa shape index (κ2) is 5.21. The second-order valence-electron chi connectivity index (χ2n) is 6.23. The van der Waals surface area contributed by atoms with Crippen LogP contribution in [0.15, 0.2) is 0 Å². The van der Waals surface area contributed by atoms with E-state index in [-0.39, 0.29) is 12.2 Å². The van der Waals surface area contributed by atoms with Crippen molar-refractivity contribution in [3.05, 3.63) is 0 Å². The molecule has 2 rings (SSSR count). The predicted octanol–water partition coefficient (Wildman–Crippen LogP) is 3.15. The number of rotatable bonds is 4. The molecule has 0 amide bonds. The summed E-state index contributed by atoms with van der Waals surface area (Å²) in [5.41, 5.74) is 0. The third-order valence-electron chi connectivity index (χ3n) is 3.61. The van der Waals surface area contributed by atoms with E-state index in [0.717, 1.165) is 0 Å². The molecule has 0 aromatic heterocycles. The summed E-state index contributed by atoms with van der Waals surface area (Å²) < 4.78 is 24.3. The molecule has 2 aliphatic heterocycles. The first-order valence-corrected chi connectivity index (χ1v) is 9.30. The van der Waals surface area contributed by atoms with Gasteiger partial charge in [0.1, 0.15) is 0 Å².